The number of morpholine rings is 1. The van der Waals surface area contributed by atoms with Gasteiger partial charge in [0.05, 0.1) is 24.7 Å². The maximum absolute atomic E-state index is 14.9. The van der Waals surface area contributed by atoms with Crippen LogP contribution in [0, 0.1) is 5.82 Å². The Morgan fingerprint density at radius 1 is 0.784 bits per heavy atom. The van der Waals surface area contributed by atoms with Gasteiger partial charge in [0, 0.05) is 78.9 Å². The van der Waals surface area contributed by atoms with Gasteiger partial charge >= 0.3 is 0 Å². The van der Waals surface area contributed by atoms with Crippen molar-refractivity contribution in [1.82, 2.24) is 9.21 Å². The van der Waals surface area contributed by atoms with E-state index in [1.165, 1.54) is 6.07 Å². The molecule has 4 aromatic rings. The Morgan fingerprint density at radius 2 is 1.41 bits per heavy atom. The van der Waals surface area contributed by atoms with Gasteiger partial charge in [0.1, 0.15) is 5.82 Å². The van der Waals surface area contributed by atoms with Crippen molar-refractivity contribution in [1.29, 1.82) is 0 Å². The molecule has 0 aliphatic carbocycles. The zero-order valence-corrected chi connectivity index (χ0v) is 30.0. The molecule has 0 spiro atoms. The first kappa shape index (κ1) is 36.5. The number of ether oxygens (including phenoxy) is 1. The summed E-state index contributed by atoms with van der Waals surface area (Å²) in [6, 6.07) is 24.1. The second-order valence-corrected chi connectivity index (χ2v) is 15.1. The lowest BCUT2D eigenvalue weighted by Gasteiger charge is -2.34. The summed E-state index contributed by atoms with van der Waals surface area (Å²) in [6.07, 6.45) is 0.612. The first-order chi connectivity index (χ1) is 24.6. The molecule has 2 aliphatic rings. The SMILES string of the molecule is CCCS(=O)(=O)N1CCN(Cc2ccc(NC(=O)c3ccc(-c4cc(C(=O)Nc5ccc(N6CCOCC6)c(F)c5)ccc4Cl)cc3)cc2)CC1. The third-order valence-electron chi connectivity index (χ3n) is 9.05. The van der Waals surface area contributed by atoms with E-state index in [9.17, 15) is 22.4 Å². The first-order valence-corrected chi connectivity index (χ1v) is 19.0. The average molecular weight is 734 g/mol. The van der Waals surface area contributed by atoms with Crippen molar-refractivity contribution in [2.24, 2.45) is 0 Å². The molecule has 10 nitrogen and oxygen atoms in total. The molecule has 13 heteroatoms. The first-order valence-electron chi connectivity index (χ1n) is 17.0. The fraction of sp³-hybridized carbons (Fsp3) is 0.316. The lowest BCUT2D eigenvalue weighted by atomic mass is 10.0. The fourth-order valence-electron chi connectivity index (χ4n) is 6.25. The molecule has 0 aromatic heterocycles. The number of rotatable bonds is 11. The summed E-state index contributed by atoms with van der Waals surface area (Å²) in [4.78, 5) is 30.3. The van der Waals surface area contributed by atoms with Crippen molar-refractivity contribution in [2.45, 2.75) is 19.9 Å². The van der Waals surface area contributed by atoms with Crippen LogP contribution in [0.15, 0.2) is 84.9 Å². The van der Waals surface area contributed by atoms with Gasteiger partial charge in [0.25, 0.3) is 11.8 Å². The number of nitrogens with one attached hydrogen (secondary N) is 2. The van der Waals surface area contributed by atoms with Crippen LogP contribution >= 0.6 is 11.6 Å². The molecule has 0 saturated carbocycles. The summed E-state index contributed by atoms with van der Waals surface area (Å²) in [7, 11) is -3.18. The maximum Gasteiger partial charge on any atom is 0.255 e. The van der Waals surface area contributed by atoms with Gasteiger partial charge in [-0.25, -0.2) is 12.8 Å². The second-order valence-electron chi connectivity index (χ2n) is 12.6. The summed E-state index contributed by atoms with van der Waals surface area (Å²) in [5.41, 5.74) is 4.67. The summed E-state index contributed by atoms with van der Waals surface area (Å²) in [5.74, 6) is -0.916. The Balaban J connectivity index is 1.03. The van der Waals surface area contributed by atoms with Crippen LogP contribution < -0.4 is 15.5 Å². The average Bonchev–Trinajstić information content (AvgIpc) is 3.13. The minimum absolute atomic E-state index is 0.185. The molecule has 2 aliphatic heterocycles. The number of anilines is 3. The molecule has 2 saturated heterocycles. The number of benzene rings is 4. The van der Waals surface area contributed by atoms with E-state index >= 15 is 0 Å². The molecule has 0 radical (unpaired) electrons. The molecular formula is C38H41ClFN5O5S. The van der Waals surface area contributed by atoms with Gasteiger partial charge in [-0.2, -0.15) is 4.31 Å². The van der Waals surface area contributed by atoms with Crippen molar-refractivity contribution in [3.05, 3.63) is 112 Å². The van der Waals surface area contributed by atoms with E-state index in [1.54, 1.807) is 58.9 Å². The van der Waals surface area contributed by atoms with Gasteiger partial charge in [-0.3, -0.25) is 14.5 Å². The van der Waals surface area contributed by atoms with Gasteiger partial charge in [-0.05, 0) is 78.2 Å². The monoisotopic (exact) mass is 733 g/mol. The molecule has 2 heterocycles. The highest BCUT2D eigenvalue weighted by Crippen LogP contribution is 2.30. The van der Waals surface area contributed by atoms with Crippen LogP contribution in [0.1, 0.15) is 39.6 Å². The number of nitrogens with zero attached hydrogens (tertiary/aromatic N) is 3. The Morgan fingerprint density at radius 3 is 2.08 bits per heavy atom. The Bertz CT molecular complexity index is 1960. The van der Waals surface area contributed by atoms with Crippen LogP contribution in [-0.4, -0.2) is 87.7 Å². The third kappa shape index (κ3) is 9.13. The molecule has 2 fully saturated rings. The zero-order valence-electron chi connectivity index (χ0n) is 28.4. The summed E-state index contributed by atoms with van der Waals surface area (Å²) in [6.45, 7) is 7.20. The maximum atomic E-state index is 14.9. The van der Waals surface area contributed by atoms with Gasteiger partial charge < -0.3 is 20.3 Å². The summed E-state index contributed by atoms with van der Waals surface area (Å²) in [5, 5.41) is 6.13. The second kappa shape index (κ2) is 16.3. The van der Waals surface area contributed by atoms with E-state index < -0.39 is 21.7 Å². The molecule has 0 unspecified atom stereocenters. The summed E-state index contributed by atoms with van der Waals surface area (Å²) < 4.78 is 46.5. The van der Waals surface area contributed by atoms with Crippen molar-refractivity contribution in [2.75, 3.05) is 73.8 Å². The van der Waals surface area contributed by atoms with Crippen LogP contribution in [0.2, 0.25) is 5.02 Å². The van der Waals surface area contributed by atoms with E-state index in [0.717, 1.165) is 11.1 Å². The van der Waals surface area contributed by atoms with Crippen LogP contribution in [0.5, 0.6) is 0 Å². The van der Waals surface area contributed by atoms with Crippen molar-refractivity contribution in [3.8, 4) is 11.1 Å². The Kier molecular flexibility index (Phi) is 11.7. The third-order valence-corrected chi connectivity index (χ3v) is 11.5. The molecule has 0 atom stereocenters. The number of piperazine rings is 1. The summed E-state index contributed by atoms with van der Waals surface area (Å²) >= 11 is 6.52. The van der Waals surface area contributed by atoms with Crippen LogP contribution in [-0.2, 0) is 21.3 Å². The van der Waals surface area contributed by atoms with Gasteiger partial charge in [-0.15, -0.1) is 0 Å². The standard InChI is InChI=1S/C38H41ClFN5O5S/c1-2-23-51(48,49)45-17-15-43(16-18-45)26-27-3-10-31(11-4-27)41-37(46)29-7-5-28(6-8-29)33-24-30(9-13-34(33)39)38(47)42-32-12-14-36(35(40)25-32)44-19-21-50-22-20-44/h3-14,24-25H,2,15-23,26H2,1H3,(H,41,46)(H,42,47). The van der Waals surface area contributed by atoms with E-state index in [2.05, 4.69) is 15.5 Å². The quantitative estimate of drug-likeness (QED) is 0.185. The minimum Gasteiger partial charge on any atom is -0.378 e. The van der Waals surface area contributed by atoms with E-state index in [4.69, 9.17) is 16.3 Å². The van der Waals surface area contributed by atoms with E-state index in [1.807, 2.05) is 36.1 Å². The number of amides is 2. The molecule has 2 amide bonds. The van der Waals surface area contributed by atoms with Crippen LogP contribution in [0.4, 0.5) is 21.5 Å². The molecule has 51 heavy (non-hydrogen) atoms. The number of hydrogen-bond donors (Lipinski definition) is 2. The topological polar surface area (TPSA) is 111 Å². The smallest absolute Gasteiger partial charge is 0.255 e. The van der Waals surface area contributed by atoms with Crippen molar-refractivity contribution in [3.63, 3.8) is 0 Å². The molecular weight excluding hydrogens is 693 g/mol. The fourth-order valence-corrected chi connectivity index (χ4v) is 7.97. The van der Waals surface area contributed by atoms with E-state index in [0.29, 0.717) is 104 Å². The van der Waals surface area contributed by atoms with Crippen LogP contribution in [0.3, 0.4) is 0 Å². The lowest BCUT2D eigenvalue weighted by Crippen LogP contribution is -2.48. The highest BCUT2D eigenvalue weighted by molar-refractivity contribution is 7.89. The van der Waals surface area contributed by atoms with Gasteiger partial charge in [0.15, 0.2) is 0 Å². The van der Waals surface area contributed by atoms with Gasteiger partial charge in [-0.1, -0.05) is 42.8 Å². The largest absolute Gasteiger partial charge is 0.378 e. The van der Waals surface area contributed by atoms with Crippen molar-refractivity contribution >= 4 is 50.5 Å². The molecule has 4 aromatic carbocycles. The Labute approximate surface area is 303 Å². The number of hydrogen-bond acceptors (Lipinski definition) is 7. The zero-order chi connectivity index (χ0) is 36.0. The van der Waals surface area contributed by atoms with Crippen molar-refractivity contribution < 1.29 is 27.1 Å². The Hall–Kier alpha value is -4.33. The lowest BCUT2D eigenvalue weighted by molar-refractivity contribution is 0.101. The number of sulfonamides is 1. The van der Waals surface area contributed by atoms with Crippen LogP contribution in [0.25, 0.3) is 11.1 Å². The molecule has 2 N–H and O–H groups in total. The normalized spacial score (nSPS) is 15.8. The van der Waals surface area contributed by atoms with Gasteiger partial charge in [0.2, 0.25) is 10.0 Å². The highest BCUT2D eigenvalue weighted by atomic mass is 35.5. The van der Waals surface area contributed by atoms with E-state index in [-0.39, 0.29) is 11.7 Å². The molecule has 268 valence electrons. The number of halogens is 2. The molecule has 6 rings (SSSR count). The number of carbonyl (C=O) groups is 2. The predicted molar refractivity (Wildman–Crippen MR) is 200 cm³/mol. The predicted octanol–water partition coefficient (Wildman–Crippen LogP) is 6.34. The molecule has 0 bridgehead atoms. The minimum atomic E-state index is -3.18. The highest BCUT2D eigenvalue weighted by Gasteiger charge is 2.26. The number of carbonyl (C=O) groups excluding carboxylic acids is 2.